The van der Waals surface area contributed by atoms with Crippen LogP contribution in [-0.2, 0) is 4.74 Å². The number of ether oxygens (including phenoxy) is 1. The van der Waals surface area contributed by atoms with Crippen molar-refractivity contribution in [3.63, 3.8) is 0 Å². The topological polar surface area (TPSA) is 24.5 Å². The first kappa shape index (κ1) is 14.3. The smallest absolute Gasteiger partial charge is 0.0586 e. The molecule has 106 valence electrons. The van der Waals surface area contributed by atoms with Gasteiger partial charge in [0.05, 0.1) is 6.10 Å². The summed E-state index contributed by atoms with van der Waals surface area (Å²) in [4.78, 5) is 2.39. The Kier molecular flexibility index (Phi) is 5.46. The van der Waals surface area contributed by atoms with E-state index in [1.165, 1.54) is 51.4 Å². The molecule has 2 aliphatic rings. The highest BCUT2D eigenvalue weighted by molar-refractivity contribution is 4.86. The Bertz CT molecular complexity index is 237. The Labute approximate surface area is 112 Å². The molecule has 2 rings (SSSR count). The molecule has 0 bridgehead atoms. The van der Waals surface area contributed by atoms with Crippen molar-refractivity contribution in [2.24, 2.45) is 0 Å². The summed E-state index contributed by atoms with van der Waals surface area (Å²) in [5.41, 5.74) is 0. The molecule has 0 aliphatic heterocycles. The summed E-state index contributed by atoms with van der Waals surface area (Å²) >= 11 is 0. The normalized spacial score (nSPS) is 38.0. The summed E-state index contributed by atoms with van der Waals surface area (Å²) in [7, 11) is 6.28. The second kappa shape index (κ2) is 6.88. The molecule has 1 N–H and O–H groups in total. The van der Waals surface area contributed by atoms with Gasteiger partial charge in [-0.05, 0) is 65.5 Å². The lowest BCUT2D eigenvalue weighted by atomic mass is 9.87. The van der Waals surface area contributed by atoms with E-state index in [0.29, 0.717) is 12.1 Å². The average molecular weight is 254 g/mol. The largest absolute Gasteiger partial charge is 0.381 e. The lowest BCUT2D eigenvalue weighted by Crippen LogP contribution is -2.46. The summed E-state index contributed by atoms with van der Waals surface area (Å²) in [5.74, 6) is 0. The van der Waals surface area contributed by atoms with E-state index in [0.717, 1.165) is 12.1 Å². The Morgan fingerprint density at radius 1 is 0.944 bits per heavy atom. The minimum Gasteiger partial charge on any atom is -0.381 e. The molecule has 2 unspecified atom stereocenters. The Morgan fingerprint density at radius 2 is 1.67 bits per heavy atom. The highest BCUT2D eigenvalue weighted by Gasteiger charge is 2.27. The van der Waals surface area contributed by atoms with E-state index in [1.54, 1.807) is 0 Å². The molecule has 0 amide bonds. The molecule has 0 aromatic rings. The second-order valence-corrected chi connectivity index (χ2v) is 6.36. The first-order chi connectivity index (χ1) is 8.69. The van der Waals surface area contributed by atoms with Gasteiger partial charge in [-0.15, -0.1) is 0 Å². The Hall–Kier alpha value is -0.120. The summed E-state index contributed by atoms with van der Waals surface area (Å²) in [6, 6.07) is 2.26. The van der Waals surface area contributed by atoms with Crippen LogP contribution >= 0.6 is 0 Å². The second-order valence-electron chi connectivity index (χ2n) is 6.36. The third-order valence-electron chi connectivity index (χ3n) is 4.86. The standard InChI is InChI=1S/C15H30N2O/c1-17(2)14-9-7-12(8-10-14)16-13-5-4-6-15(11-13)18-3/h12-16H,4-11H2,1-3H3. The average Bonchev–Trinajstić information content (AvgIpc) is 2.39. The molecular formula is C15H30N2O. The lowest BCUT2D eigenvalue weighted by Gasteiger charge is -2.37. The summed E-state index contributed by atoms with van der Waals surface area (Å²) in [6.07, 6.45) is 11.0. The van der Waals surface area contributed by atoms with Crippen LogP contribution in [0.1, 0.15) is 51.4 Å². The zero-order valence-corrected chi connectivity index (χ0v) is 12.3. The van der Waals surface area contributed by atoms with Crippen molar-refractivity contribution in [1.82, 2.24) is 10.2 Å². The number of hydrogen-bond acceptors (Lipinski definition) is 3. The summed E-state index contributed by atoms with van der Waals surface area (Å²) < 4.78 is 5.51. The van der Waals surface area contributed by atoms with Gasteiger partial charge in [0.15, 0.2) is 0 Å². The fourth-order valence-electron chi connectivity index (χ4n) is 3.60. The fraction of sp³-hybridized carbons (Fsp3) is 1.00. The summed E-state index contributed by atoms with van der Waals surface area (Å²) in [6.45, 7) is 0. The van der Waals surface area contributed by atoms with E-state index in [9.17, 15) is 0 Å². The quantitative estimate of drug-likeness (QED) is 0.834. The number of hydrogen-bond donors (Lipinski definition) is 1. The van der Waals surface area contributed by atoms with Gasteiger partial charge in [-0.3, -0.25) is 0 Å². The molecule has 0 radical (unpaired) electrons. The maximum absolute atomic E-state index is 5.51. The van der Waals surface area contributed by atoms with Gasteiger partial charge in [-0.25, -0.2) is 0 Å². The van der Waals surface area contributed by atoms with E-state index >= 15 is 0 Å². The monoisotopic (exact) mass is 254 g/mol. The van der Waals surface area contributed by atoms with Crippen LogP contribution in [0.25, 0.3) is 0 Å². The number of nitrogens with zero attached hydrogens (tertiary/aromatic N) is 1. The van der Waals surface area contributed by atoms with Gasteiger partial charge in [-0.1, -0.05) is 0 Å². The number of methoxy groups -OCH3 is 1. The van der Waals surface area contributed by atoms with Crippen LogP contribution in [-0.4, -0.2) is 50.3 Å². The highest BCUT2D eigenvalue weighted by atomic mass is 16.5. The third-order valence-corrected chi connectivity index (χ3v) is 4.86. The molecule has 3 heteroatoms. The van der Waals surface area contributed by atoms with Crippen LogP contribution < -0.4 is 5.32 Å². The Balaban J connectivity index is 1.71. The van der Waals surface area contributed by atoms with Crippen molar-refractivity contribution < 1.29 is 4.74 Å². The van der Waals surface area contributed by atoms with Crippen molar-refractivity contribution in [3.05, 3.63) is 0 Å². The van der Waals surface area contributed by atoms with Gasteiger partial charge in [0.25, 0.3) is 0 Å². The van der Waals surface area contributed by atoms with E-state index in [2.05, 4.69) is 24.3 Å². The van der Waals surface area contributed by atoms with Gasteiger partial charge in [-0.2, -0.15) is 0 Å². The Morgan fingerprint density at radius 3 is 2.28 bits per heavy atom. The molecular weight excluding hydrogens is 224 g/mol. The van der Waals surface area contributed by atoms with E-state index < -0.39 is 0 Å². The van der Waals surface area contributed by atoms with Gasteiger partial charge < -0.3 is 15.0 Å². The number of rotatable bonds is 4. The van der Waals surface area contributed by atoms with Gasteiger partial charge >= 0.3 is 0 Å². The SMILES string of the molecule is COC1CCCC(NC2CCC(N(C)C)CC2)C1. The molecule has 3 nitrogen and oxygen atoms in total. The molecule has 2 atom stereocenters. The van der Waals surface area contributed by atoms with Crippen LogP contribution in [0, 0.1) is 0 Å². The first-order valence-electron chi connectivity index (χ1n) is 7.64. The molecule has 2 fully saturated rings. The molecule has 2 aliphatic carbocycles. The maximum atomic E-state index is 5.51. The van der Waals surface area contributed by atoms with Crippen molar-refractivity contribution in [2.75, 3.05) is 21.2 Å². The van der Waals surface area contributed by atoms with Crippen molar-refractivity contribution in [1.29, 1.82) is 0 Å². The third kappa shape index (κ3) is 3.94. The zero-order chi connectivity index (χ0) is 13.0. The zero-order valence-electron chi connectivity index (χ0n) is 12.3. The molecule has 2 saturated carbocycles. The lowest BCUT2D eigenvalue weighted by molar-refractivity contribution is 0.0549. The predicted octanol–water partition coefficient (Wildman–Crippen LogP) is 2.41. The first-order valence-corrected chi connectivity index (χ1v) is 7.64. The van der Waals surface area contributed by atoms with E-state index in [1.807, 2.05) is 7.11 Å². The van der Waals surface area contributed by atoms with Crippen molar-refractivity contribution in [3.8, 4) is 0 Å². The molecule has 18 heavy (non-hydrogen) atoms. The van der Waals surface area contributed by atoms with Crippen LogP contribution in [0.5, 0.6) is 0 Å². The highest BCUT2D eigenvalue weighted by Crippen LogP contribution is 2.25. The van der Waals surface area contributed by atoms with Crippen LogP contribution in [0.4, 0.5) is 0 Å². The fourth-order valence-corrected chi connectivity index (χ4v) is 3.60. The van der Waals surface area contributed by atoms with Crippen LogP contribution in [0.2, 0.25) is 0 Å². The number of nitrogens with one attached hydrogen (secondary N) is 1. The van der Waals surface area contributed by atoms with E-state index in [4.69, 9.17) is 4.74 Å². The molecule has 0 spiro atoms. The summed E-state index contributed by atoms with van der Waals surface area (Å²) in [5, 5.41) is 3.88. The molecule has 0 heterocycles. The van der Waals surface area contributed by atoms with E-state index in [-0.39, 0.29) is 0 Å². The van der Waals surface area contributed by atoms with Crippen molar-refractivity contribution >= 4 is 0 Å². The molecule has 0 aromatic heterocycles. The molecule has 0 saturated heterocycles. The van der Waals surface area contributed by atoms with Crippen LogP contribution in [0.15, 0.2) is 0 Å². The van der Waals surface area contributed by atoms with Gasteiger partial charge in [0.1, 0.15) is 0 Å². The minimum atomic E-state index is 0.495. The minimum absolute atomic E-state index is 0.495. The predicted molar refractivity (Wildman–Crippen MR) is 75.9 cm³/mol. The van der Waals surface area contributed by atoms with Crippen LogP contribution in [0.3, 0.4) is 0 Å². The van der Waals surface area contributed by atoms with Gasteiger partial charge in [0, 0.05) is 25.2 Å². The molecule has 0 aromatic carbocycles. The van der Waals surface area contributed by atoms with Crippen molar-refractivity contribution in [2.45, 2.75) is 75.6 Å². The maximum Gasteiger partial charge on any atom is 0.0586 e. The van der Waals surface area contributed by atoms with Gasteiger partial charge in [0.2, 0.25) is 0 Å².